The number of hydrogen-bond donors (Lipinski definition) is 0. The molecule has 0 N–H and O–H groups in total. The maximum atomic E-state index is 12.4. The van der Waals surface area contributed by atoms with Crippen molar-refractivity contribution in [2.45, 2.75) is 5.92 Å². The second-order valence-corrected chi connectivity index (χ2v) is 5.12. The molecule has 0 saturated heterocycles. The van der Waals surface area contributed by atoms with Crippen molar-refractivity contribution in [1.29, 1.82) is 5.26 Å². The summed E-state index contributed by atoms with van der Waals surface area (Å²) in [5.41, 5.74) is 1.19. The Kier molecular flexibility index (Phi) is 4.54. The highest BCUT2D eigenvalue weighted by molar-refractivity contribution is 9.10. The lowest BCUT2D eigenvalue weighted by molar-refractivity contribution is 0.0979. The van der Waals surface area contributed by atoms with Crippen LogP contribution in [0.1, 0.15) is 21.8 Å². The van der Waals surface area contributed by atoms with Gasteiger partial charge in [-0.15, -0.1) is 0 Å². The van der Waals surface area contributed by atoms with Crippen molar-refractivity contribution >= 4 is 21.7 Å². The molecule has 100 valence electrons. The predicted octanol–water partition coefficient (Wildman–Crippen LogP) is 3.95. The van der Waals surface area contributed by atoms with Crippen molar-refractivity contribution in [2.24, 2.45) is 0 Å². The van der Waals surface area contributed by atoms with Crippen LogP contribution < -0.4 is 4.74 Å². The van der Waals surface area contributed by atoms with Crippen LogP contribution in [0.2, 0.25) is 0 Å². The fourth-order valence-corrected chi connectivity index (χ4v) is 2.13. The smallest absolute Gasteiger partial charge is 0.184 e. The van der Waals surface area contributed by atoms with Crippen LogP contribution in [0, 0.1) is 11.3 Å². The Morgan fingerprint density at radius 1 is 1.15 bits per heavy atom. The number of nitrogens with zero attached hydrogens (tertiary/aromatic N) is 1. The first-order chi connectivity index (χ1) is 9.65. The molecule has 2 aromatic rings. The van der Waals surface area contributed by atoms with Gasteiger partial charge >= 0.3 is 0 Å². The van der Waals surface area contributed by atoms with Gasteiger partial charge in [0.1, 0.15) is 11.7 Å². The average molecular weight is 330 g/mol. The third-order valence-corrected chi connectivity index (χ3v) is 3.50. The standard InChI is InChI=1S/C16H12BrNO2/c1-20-14-8-4-11(5-9-14)15(10-18)16(19)12-2-6-13(17)7-3-12/h2-9,15H,1H3. The summed E-state index contributed by atoms with van der Waals surface area (Å²) in [7, 11) is 1.57. The van der Waals surface area contributed by atoms with Crippen LogP contribution in [-0.2, 0) is 0 Å². The number of benzene rings is 2. The number of halogens is 1. The SMILES string of the molecule is COc1ccc(C(C#N)C(=O)c2ccc(Br)cc2)cc1. The van der Waals surface area contributed by atoms with Crippen molar-refractivity contribution in [3.05, 3.63) is 64.1 Å². The molecule has 3 nitrogen and oxygen atoms in total. The number of rotatable bonds is 4. The Morgan fingerprint density at radius 3 is 2.25 bits per heavy atom. The molecule has 0 heterocycles. The van der Waals surface area contributed by atoms with Gasteiger partial charge < -0.3 is 4.74 Å². The van der Waals surface area contributed by atoms with Crippen molar-refractivity contribution in [3.63, 3.8) is 0 Å². The lowest BCUT2D eigenvalue weighted by Gasteiger charge is -2.09. The topological polar surface area (TPSA) is 50.1 Å². The molecule has 0 bridgehead atoms. The zero-order valence-corrected chi connectivity index (χ0v) is 12.4. The number of ether oxygens (including phenoxy) is 1. The van der Waals surface area contributed by atoms with Crippen LogP contribution in [-0.4, -0.2) is 12.9 Å². The van der Waals surface area contributed by atoms with Gasteiger partial charge in [0, 0.05) is 10.0 Å². The highest BCUT2D eigenvalue weighted by Crippen LogP contribution is 2.23. The molecule has 0 amide bonds. The molecule has 0 spiro atoms. The number of carbonyl (C=O) groups is 1. The van der Waals surface area contributed by atoms with E-state index in [1.165, 1.54) is 0 Å². The Hall–Kier alpha value is -2.12. The van der Waals surface area contributed by atoms with Gasteiger partial charge in [-0.1, -0.05) is 40.2 Å². The third kappa shape index (κ3) is 3.06. The molecular weight excluding hydrogens is 318 g/mol. The van der Waals surface area contributed by atoms with Gasteiger partial charge in [-0.25, -0.2) is 0 Å². The van der Waals surface area contributed by atoms with Crippen molar-refractivity contribution in [1.82, 2.24) is 0 Å². The Balaban J connectivity index is 2.29. The fourth-order valence-electron chi connectivity index (χ4n) is 1.86. The third-order valence-electron chi connectivity index (χ3n) is 2.97. The Morgan fingerprint density at radius 2 is 1.75 bits per heavy atom. The zero-order chi connectivity index (χ0) is 14.5. The van der Waals surface area contributed by atoms with Gasteiger partial charge in [-0.3, -0.25) is 4.79 Å². The summed E-state index contributed by atoms with van der Waals surface area (Å²) in [4.78, 5) is 12.4. The lowest BCUT2D eigenvalue weighted by atomic mass is 9.92. The monoisotopic (exact) mass is 329 g/mol. The molecule has 1 unspecified atom stereocenters. The Bertz CT molecular complexity index is 642. The van der Waals surface area contributed by atoms with Gasteiger partial charge in [0.25, 0.3) is 0 Å². The molecule has 0 aliphatic heterocycles. The number of methoxy groups -OCH3 is 1. The molecule has 0 aliphatic carbocycles. The molecule has 4 heteroatoms. The lowest BCUT2D eigenvalue weighted by Crippen LogP contribution is -2.11. The minimum Gasteiger partial charge on any atom is -0.497 e. The summed E-state index contributed by atoms with van der Waals surface area (Å²) in [5, 5.41) is 9.28. The van der Waals surface area contributed by atoms with Gasteiger partial charge in [0.15, 0.2) is 5.78 Å². The van der Waals surface area contributed by atoms with E-state index in [9.17, 15) is 10.1 Å². The van der Waals surface area contributed by atoms with Crippen molar-refractivity contribution < 1.29 is 9.53 Å². The molecule has 2 aromatic carbocycles. The summed E-state index contributed by atoms with van der Waals surface area (Å²) in [6, 6.07) is 16.0. The molecular formula is C16H12BrNO2. The average Bonchev–Trinajstić information content (AvgIpc) is 2.49. The molecule has 0 saturated carbocycles. The van der Waals surface area contributed by atoms with Crippen LogP contribution in [0.15, 0.2) is 53.0 Å². The van der Waals surface area contributed by atoms with E-state index in [1.54, 1.807) is 55.6 Å². The van der Waals surface area contributed by atoms with Gasteiger partial charge in [-0.2, -0.15) is 5.26 Å². The summed E-state index contributed by atoms with van der Waals surface area (Å²) in [5.74, 6) is -0.311. The molecule has 0 aromatic heterocycles. The first kappa shape index (κ1) is 14.3. The minimum atomic E-state index is -0.804. The number of hydrogen-bond acceptors (Lipinski definition) is 3. The van der Waals surface area contributed by atoms with Crippen molar-refractivity contribution in [3.8, 4) is 11.8 Å². The molecule has 0 radical (unpaired) electrons. The summed E-state index contributed by atoms with van der Waals surface area (Å²) in [6.07, 6.45) is 0. The number of Topliss-reactive ketones (excluding diaryl/α,β-unsaturated/α-hetero) is 1. The summed E-state index contributed by atoms with van der Waals surface area (Å²) >= 11 is 3.32. The maximum absolute atomic E-state index is 12.4. The summed E-state index contributed by atoms with van der Waals surface area (Å²) in [6.45, 7) is 0. The summed E-state index contributed by atoms with van der Waals surface area (Å²) < 4.78 is 5.96. The van der Waals surface area contributed by atoms with Crippen LogP contribution in [0.3, 0.4) is 0 Å². The van der Waals surface area contributed by atoms with Crippen LogP contribution in [0.5, 0.6) is 5.75 Å². The quantitative estimate of drug-likeness (QED) is 0.798. The van der Waals surface area contributed by atoms with E-state index in [0.717, 1.165) is 4.47 Å². The Labute approximate surface area is 125 Å². The van der Waals surface area contributed by atoms with Crippen LogP contribution >= 0.6 is 15.9 Å². The largest absolute Gasteiger partial charge is 0.497 e. The molecule has 0 fully saturated rings. The van der Waals surface area contributed by atoms with E-state index in [1.807, 2.05) is 0 Å². The normalized spacial score (nSPS) is 11.4. The van der Waals surface area contributed by atoms with E-state index in [2.05, 4.69) is 22.0 Å². The van der Waals surface area contributed by atoms with Crippen LogP contribution in [0.4, 0.5) is 0 Å². The number of nitriles is 1. The van der Waals surface area contributed by atoms with E-state index in [4.69, 9.17) is 4.74 Å². The molecule has 20 heavy (non-hydrogen) atoms. The van der Waals surface area contributed by atoms with Crippen molar-refractivity contribution in [2.75, 3.05) is 7.11 Å². The van der Waals surface area contributed by atoms with E-state index in [0.29, 0.717) is 16.9 Å². The number of ketones is 1. The van der Waals surface area contributed by atoms with Crippen LogP contribution in [0.25, 0.3) is 0 Å². The molecule has 0 aliphatic rings. The molecule has 1 atom stereocenters. The molecule has 2 rings (SSSR count). The fraction of sp³-hybridized carbons (Fsp3) is 0.125. The number of carbonyl (C=O) groups excluding carboxylic acids is 1. The second kappa shape index (κ2) is 6.36. The highest BCUT2D eigenvalue weighted by Gasteiger charge is 2.21. The van der Waals surface area contributed by atoms with E-state index in [-0.39, 0.29) is 5.78 Å². The first-order valence-corrected chi connectivity index (χ1v) is 6.78. The maximum Gasteiger partial charge on any atom is 0.184 e. The van der Waals surface area contributed by atoms with E-state index >= 15 is 0 Å². The first-order valence-electron chi connectivity index (χ1n) is 5.99. The predicted molar refractivity (Wildman–Crippen MR) is 79.8 cm³/mol. The highest BCUT2D eigenvalue weighted by atomic mass is 79.9. The zero-order valence-electron chi connectivity index (χ0n) is 10.8. The minimum absolute atomic E-state index is 0.204. The second-order valence-electron chi connectivity index (χ2n) is 4.21. The van der Waals surface area contributed by atoms with Gasteiger partial charge in [0.05, 0.1) is 13.2 Å². The van der Waals surface area contributed by atoms with Gasteiger partial charge in [0.2, 0.25) is 0 Å². The van der Waals surface area contributed by atoms with E-state index < -0.39 is 5.92 Å². The van der Waals surface area contributed by atoms with Gasteiger partial charge in [-0.05, 0) is 29.8 Å².